The van der Waals surface area contributed by atoms with Crippen molar-refractivity contribution in [3.8, 4) is 0 Å². The van der Waals surface area contributed by atoms with Crippen LogP contribution in [0.4, 0.5) is 0 Å². The highest BCUT2D eigenvalue weighted by Crippen LogP contribution is 2.21. The quantitative estimate of drug-likeness (QED) is 0.725. The molecule has 0 aliphatic rings. The number of nitrogens with one attached hydrogen (secondary N) is 1. The predicted octanol–water partition coefficient (Wildman–Crippen LogP) is 2.44. The zero-order valence-electron chi connectivity index (χ0n) is 12.6. The summed E-state index contributed by atoms with van der Waals surface area (Å²) in [4.78, 5) is 0.401. The number of aliphatic hydroxyl groups is 1. The average Bonchev–Trinajstić information content (AvgIpc) is 2.31. The maximum Gasteiger partial charge on any atom is 0.241 e. The zero-order chi connectivity index (χ0) is 15.2. The van der Waals surface area contributed by atoms with Crippen LogP contribution >= 0.6 is 0 Å². The van der Waals surface area contributed by atoms with Crippen molar-refractivity contribution in [2.24, 2.45) is 0 Å². The normalized spacial score (nSPS) is 11.8. The molecule has 2 N–H and O–H groups in total. The Morgan fingerprint density at radius 3 is 2.10 bits per heavy atom. The molecule has 0 heterocycles. The molecule has 0 saturated heterocycles. The van der Waals surface area contributed by atoms with Crippen molar-refractivity contribution in [3.05, 3.63) is 28.8 Å². The van der Waals surface area contributed by atoms with Gasteiger partial charge < -0.3 is 5.11 Å². The highest BCUT2D eigenvalue weighted by Gasteiger charge is 2.18. The van der Waals surface area contributed by atoms with Gasteiger partial charge in [0.15, 0.2) is 0 Å². The van der Waals surface area contributed by atoms with Gasteiger partial charge in [-0.3, -0.25) is 0 Å². The van der Waals surface area contributed by atoms with Gasteiger partial charge in [0, 0.05) is 13.2 Å². The minimum Gasteiger partial charge on any atom is -0.396 e. The van der Waals surface area contributed by atoms with Crippen molar-refractivity contribution in [1.29, 1.82) is 0 Å². The summed E-state index contributed by atoms with van der Waals surface area (Å²) in [6.45, 7) is 6.27. The molecule has 0 saturated carbocycles. The lowest BCUT2D eigenvalue weighted by Gasteiger charge is -2.13. The molecule has 0 fully saturated rings. The van der Waals surface area contributed by atoms with Crippen LogP contribution in [0.3, 0.4) is 0 Å². The predicted molar refractivity (Wildman–Crippen MR) is 81.4 cm³/mol. The summed E-state index contributed by atoms with van der Waals surface area (Å²) in [7, 11) is -3.43. The fraction of sp³-hybridized carbons (Fsp3) is 0.600. The molecule has 5 heteroatoms. The van der Waals surface area contributed by atoms with E-state index in [1.54, 1.807) is 0 Å². The Labute approximate surface area is 122 Å². The molecule has 20 heavy (non-hydrogen) atoms. The molecule has 0 aliphatic heterocycles. The minimum atomic E-state index is -3.43. The molecule has 4 nitrogen and oxygen atoms in total. The molecule has 1 aromatic rings. The lowest BCUT2D eigenvalue weighted by molar-refractivity contribution is 0.282. The SMILES string of the molecule is Cc1cc(C)c(S(=O)(=O)NCCCCCCO)c(C)c1. The Morgan fingerprint density at radius 1 is 1.00 bits per heavy atom. The molecule has 0 radical (unpaired) electrons. The summed E-state index contributed by atoms with van der Waals surface area (Å²) in [6.07, 6.45) is 3.43. The fourth-order valence-electron chi connectivity index (χ4n) is 2.46. The summed E-state index contributed by atoms with van der Waals surface area (Å²) >= 11 is 0. The molecule has 0 aromatic heterocycles. The van der Waals surface area contributed by atoms with Crippen LogP contribution in [0.25, 0.3) is 0 Å². The van der Waals surface area contributed by atoms with Crippen molar-refractivity contribution < 1.29 is 13.5 Å². The van der Waals surface area contributed by atoms with Crippen molar-refractivity contribution in [3.63, 3.8) is 0 Å². The van der Waals surface area contributed by atoms with Crippen LogP contribution in [-0.4, -0.2) is 26.7 Å². The van der Waals surface area contributed by atoms with Crippen molar-refractivity contribution in [2.45, 2.75) is 51.3 Å². The van der Waals surface area contributed by atoms with Crippen LogP contribution in [-0.2, 0) is 10.0 Å². The second-order valence-electron chi connectivity index (χ2n) is 5.26. The molecular formula is C15H25NO3S. The second-order valence-corrected chi connectivity index (χ2v) is 6.97. The van der Waals surface area contributed by atoms with E-state index in [9.17, 15) is 8.42 Å². The maximum atomic E-state index is 12.3. The van der Waals surface area contributed by atoms with Crippen LogP contribution in [0.1, 0.15) is 42.4 Å². The van der Waals surface area contributed by atoms with E-state index >= 15 is 0 Å². The Bertz CT molecular complexity index is 515. The summed E-state index contributed by atoms with van der Waals surface area (Å²) in [5, 5.41) is 8.67. The van der Waals surface area contributed by atoms with Crippen molar-refractivity contribution in [2.75, 3.05) is 13.2 Å². The van der Waals surface area contributed by atoms with Gasteiger partial charge in [-0.2, -0.15) is 0 Å². The van der Waals surface area contributed by atoms with E-state index < -0.39 is 10.0 Å². The van der Waals surface area contributed by atoms with Crippen molar-refractivity contribution >= 4 is 10.0 Å². The molecule has 0 unspecified atom stereocenters. The Kier molecular flexibility index (Phi) is 6.65. The Balaban J connectivity index is 2.66. The van der Waals surface area contributed by atoms with E-state index in [4.69, 9.17) is 5.11 Å². The van der Waals surface area contributed by atoms with Gasteiger partial charge in [-0.15, -0.1) is 0 Å². The molecular weight excluding hydrogens is 274 g/mol. The summed E-state index contributed by atoms with van der Waals surface area (Å²) in [5.74, 6) is 0. The van der Waals surface area contributed by atoms with Crippen molar-refractivity contribution in [1.82, 2.24) is 4.72 Å². The first-order chi connectivity index (χ1) is 9.38. The monoisotopic (exact) mass is 299 g/mol. The molecule has 114 valence electrons. The van der Waals surface area contributed by atoms with Gasteiger partial charge in [-0.1, -0.05) is 30.5 Å². The summed E-state index contributed by atoms with van der Waals surface area (Å²) < 4.78 is 27.3. The first kappa shape index (κ1) is 17.1. The molecule has 0 bridgehead atoms. The highest BCUT2D eigenvalue weighted by molar-refractivity contribution is 7.89. The molecule has 0 amide bonds. The standard InChI is InChI=1S/C15H25NO3S/c1-12-10-13(2)15(14(3)11-12)20(18,19)16-8-6-4-5-7-9-17/h10-11,16-17H,4-9H2,1-3H3. The van der Waals surface area contributed by atoms with E-state index in [-0.39, 0.29) is 6.61 Å². The van der Waals surface area contributed by atoms with Gasteiger partial charge in [0.1, 0.15) is 0 Å². The number of hydrogen-bond donors (Lipinski definition) is 2. The van der Waals surface area contributed by atoms with Crippen LogP contribution in [0.2, 0.25) is 0 Å². The van der Waals surface area contributed by atoms with E-state index in [1.165, 1.54) is 0 Å². The van der Waals surface area contributed by atoms with Gasteiger partial charge in [0.2, 0.25) is 10.0 Å². The lowest BCUT2D eigenvalue weighted by atomic mass is 10.1. The number of aliphatic hydroxyl groups excluding tert-OH is 1. The molecule has 0 aliphatic carbocycles. The average molecular weight is 299 g/mol. The summed E-state index contributed by atoms with van der Waals surface area (Å²) in [6, 6.07) is 3.78. The third-order valence-corrected chi connectivity index (χ3v) is 5.02. The molecule has 1 aromatic carbocycles. The molecule has 0 spiro atoms. The maximum absolute atomic E-state index is 12.3. The number of hydrogen-bond acceptors (Lipinski definition) is 3. The van der Waals surface area contributed by atoms with Gasteiger partial charge in [-0.05, 0) is 44.7 Å². The van der Waals surface area contributed by atoms with E-state index in [0.29, 0.717) is 11.4 Å². The fourth-order valence-corrected chi connectivity index (χ4v) is 3.98. The molecule has 0 atom stereocenters. The van der Waals surface area contributed by atoms with Crippen LogP contribution < -0.4 is 4.72 Å². The topological polar surface area (TPSA) is 66.4 Å². The third-order valence-electron chi connectivity index (χ3n) is 3.25. The number of rotatable bonds is 8. The first-order valence-corrected chi connectivity index (χ1v) is 8.55. The van der Waals surface area contributed by atoms with Gasteiger partial charge in [-0.25, -0.2) is 13.1 Å². The largest absolute Gasteiger partial charge is 0.396 e. The van der Waals surface area contributed by atoms with Gasteiger partial charge in [0.25, 0.3) is 0 Å². The number of unbranched alkanes of at least 4 members (excludes halogenated alkanes) is 3. The Hall–Kier alpha value is -0.910. The number of benzene rings is 1. The van der Waals surface area contributed by atoms with Gasteiger partial charge >= 0.3 is 0 Å². The number of sulfonamides is 1. The van der Waals surface area contributed by atoms with E-state index in [0.717, 1.165) is 42.4 Å². The molecule has 1 rings (SSSR count). The highest BCUT2D eigenvalue weighted by atomic mass is 32.2. The Morgan fingerprint density at radius 2 is 1.55 bits per heavy atom. The third kappa shape index (κ3) is 4.89. The van der Waals surface area contributed by atoms with Crippen LogP contribution in [0.15, 0.2) is 17.0 Å². The number of aryl methyl sites for hydroxylation is 3. The summed E-state index contributed by atoms with van der Waals surface area (Å²) in [5.41, 5.74) is 2.65. The van der Waals surface area contributed by atoms with Crippen LogP contribution in [0, 0.1) is 20.8 Å². The van der Waals surface area contributed by atoms with E-state index in [2.05, 4.69) is 4.72 Å². The smallest absolute Gasteiger partial charge is 0.241 e. The minimum absolute atomic E-state index is 0.202. The van der Waals surface area contributed by atoms with Gasteiger partial charge in [0.05, 0.1) is 4.90 Å². The first-order valence-electron chi connectivity index (χ1n) is 7.07. The van der Waals surface area contributed by atoms with Crippen LogP contribution in [0.5, 0.6) is 0 Å². The zero-order valence-corrected chi connectivity index (χ0v) is 13.4. The van der Waals surface area contributed by atoms with E-state index in [1.807, 2.05) is 32.9 Å². The second kappa shape index (κ2) is 7.76. The lowest BCUT2D eigenvalue weighted by Crippen LogP contribution is -2.26.